The van der Waals surface area contributed by atoms with Gasteiger partial charge in [-0.2, -0.15) is 13.2 Å². The SMILES string of the molecule is COc1ccc(N=C2c3cc(OC)ccc3NC2(O)C(F)(F)F)cc1. The standard InChI is InChI=1S/C17H15F3N2O3/c1-24-11-5-3-10(4-6-11)21-15-13-9-12(25-2)7-8-14(13)22-16(15,23)17(18,19)20/h3-9,22-23H,1-2H3. The summed E-state index contributed by atoms with van der Waals surface area (Å²) in [5.74, 6) is 0.899. The Balaban J connectivity index is 2.16. The summed E-state index contributed by atoms with van der Waals surface area (Å²) < 4.78 is 50.6. The zero-order valence-corrected chi connectivity index (χ0v) is 13.4. The van der Waals surface area contributed by atoms with Gasteiger partial charge in [-0.3, -0.25) is 0 Å². The first-order valence-corrected chi connectivity index (χ1v) is 7.27. The number of ether oxygens (including phenoxy) is 2. The summed E-state index contributed by atoms with van der Waals surface area (Å²) >= 11 is 0. The Bertz CT molecular complexity index is 819. The number of halogens is 3. The molecule has 0 aromatic heterocycles. The zero-order valence-electron chi connectivity index (χ0n) is 13.4. The van der Waals surface area contributed by atoms with E-state index in [1.54, 1.807) is 12.1 Å². The lowest BCUT2D eigenvalue weighted by molar-refractivity contribution is -0.218. The third-order valence-electron chi connectivity index (χ3n) is 3.86. The highest BCUT2D eigenvalue weighted by atomic mass is 19.4. The van der Waals surface area contributed by atoms with Crippen molar-refractivity contribution in [3.63, 3.8) is 0 Å². The van der Waals surface area contributed by atoms with E-state index in [4.69, 9.17) is 9.47 Å². The van der Waals surface area contributed by atoms with Gasteiger partial charge in [0.25, 0.3) is 5.72 Å². The van der Waals surface area contributed by atoms with Gasteiger partial charge in [-0.15, -0.1) is 0 Å². The fourth-order valence-corrected chi connectivity index (χ4v) is 2.54. The van der Waals surface area contributed by atoms with Gasteiger partial charge in [0.1, 0.15) is 17.2 Å². The summed E-state index contributed by atoms with van der Waals surface area (Å²) in [6.07, 6.45) is -4.97. The predicted octanol–water partition coefficient (Wildman–Crippen LogP) is 3.50. The number of nitrogens with zero attached hydrogens (tertiary/aromatic N) is 1. The lowest BCUT2D eigenvalue weighted by Crippen LogP contribution is -2.55. The van der Waals surface area contributed by atoms with Gasteiger partial charge >= 0.3 is 6.18 Å². The number of aliphatic hydroxyl groups is 1. The Labute approximate surface area is 141 Å². The molecule has 0 amide bonds. The molecule has 2 aromatic rings. The molecule has 0 bridgehead atoms. The van der Waals surface area contributed by atoms with E-state index in [1.807, 2.05) is 0 Å². The number of methoxy groups -OCH3 is 2. The second-order valence-corrected chi connectivity index (χ2v) is 5.40. The van der Waals surface area contributed by atoms with Gasteiger partial charge in [-0.1, -0.05) is 0 Å². The van der Waals surface area contributed by atoms with Gasteiger partial charge in [0.2, 0.25) is 0 Å². The molecule has 1 heterocycles. The minimum absolute atomic E-state index is 0.118. The van der Waals surface area contributed by atoms with Crippen LogP contribution in [0.3, 0.4) is 0 Å². The van der Waals surface area contributed by atoms with E-state index in [0.717, 1.165) is 0 Å². The Morgan fingerprint density at radius 3 is 2.16 bits per heavy atom. The first-order valence-electron chi connectivity index (χ1n) is 7.27. The molecular weight excluding hydrogens is 337 g/mol. The summed E-state index contributed by atoms with van der Waals surface area (Å²) in [5, 5.41) is 12.4. The molecule has 25 heavy (non-hydrogen) atoms. The number of benzene rings is 2. The zero-order chi connectivity index (χ0) is 18.2. The number of hydrogen-bond donors (Lipinski definition) is 2. The van der Waals surface area contributed by atoms with E-state index in [2.05, 4.69) is 10.3 Å². The average molecular weight is 352 g/mol. The molecule has 0 fully saturated rings. The highest BCUT2D eigenvalue weighted by molar-refractivity contribution is 6.17. The smallest absolute Gasteiger partial charge is 0.442 e. The van der Waals surface area contributed by atoms with E-state index in [1.165, 1.54) is 44.6 Å². The summed E-state index contributed by atoms with van der Waals surface area (Å²) in [4.78, 5) is 4.04. The number of rotatable bonds is 3. The Kier molecular flexibility index (Phi) is 4.08. The van der Waals surface area contributed by atoms with Gasteiger partial charge in [0.15, 0.2) is 0 Å². The van der Waals surface area contributed by atoms with Gasteiger partial charge in [0, 0.05) is 11.3 Å². The van der Waals surface area contributed by atoms with E-state index in [-0.39, 0.29) is 16.9 Å². The molecule has 3 rings (SSSR count). The van der Waals surface area contributed by atoms with E-state index in [0.29, 0.717) is 11.5 Å². The minimum Gasteiger partial charge on any atom is -0.497 e. The molecule has 132 valence electrons. The van der Waals surface area contributed by atoms with Crippen molar-refractivity contribution >= 4 is 17.1 Å². The quantitative estimate of drug-likeness (QED) is 0.888. The van der Waals surface area contributed by atoms with E-state index < -0.39 is 17.6 Å². The maximum atomic E-state index is 13.5. The van der Waals surface area contributed by atoms with Crippen LogP contribution < -0.4 is 14.8 Å². The monoisotopic (exact) mass is 352 g/mol. The van der Waals surface area contributed by atoms with Crippen LogP contribution in [0.2, 0.25) is 0 Å². The van der Waals surface area contributed by atoms with Gasteiger partial charge < -0.3 is 19.9 Å². The number of alkyl halides is 3. The van der Waals surface area contributed by atoms with Crippen molar-refractivity contribution in [3.8, 4) is 11.5 Å². The predicted molar refractivity (Wildman–Crippen MR) is 86.8 cm³/mol. The molecule has 0 saturated heterocycles. The molecule has 1 unspecified atom stereocenters. The summed E-state index contributed by atoms with van der Waals surface area (Å²) in [6.45, 7) is 0. The summed E-state index contributed by atoms with van der Waals surface area (Å²) in [7, 11) is 2.88. The molecule has 1 aliphatic rings. The van der Waals surface area contributed by atoms with Crippen LogP contribution in [-0.4, -0.2) is 36.9 Å². The first-order chi connectivity index (χ1) is 11.8. The van der Waals surface area contributed by atoms with Crippen molar-refractivity contribution in [3.05, 3.63) is 48.0 Å². The van der Waals surface area contributed by atoms with Crippen molar-refractivity contribution in [2.24, 2.45) is 4.99 Å². The Morgan fingerprint density at radius 2 is 1.60 bits per heavy atom. The molecule has 0 spiro atoms. The van der Waals surface area contributed by atoms with Crippen molar-refractivity contribution in [1.29, 1.82) is 0 Å². The van der Waals surface area contributed by atoms with Crippen LogP contribution in [-0.2, 0) is 0 Å². The number of aliphatic imine (C=N–C) groups is 1. The van der Waals surface area contributed by atoms with Crippen LogP contribution in [0.15, 0.2) is 47.5 Å². The third kappa shape index (κ3) is 2.89. The molecule has 0 saturated carbocycles. The summed E-state index contributed by atoms with van der Waals surface area (Å²) in [6, 6.07) is 10.4. The number of anilines is 1. The van der Waals surface area contributed by atoms with Crippen LogP contribution in [0.25, 0.3) is 0 Å². The fraction of sp³-hybridized carbons (Fsp3) is 0.235. The largest absolute Gasteiger partial charge is 0.497 e. The van der Waals surface area contributed by atoms with Crippen molar-refractivity contribution in [1.82, 2.24) is 0 Å². The van der Waals surface area contributed by atoms with Gasteiger partial charge in [0.05, 0.1) is 19.9 Å². The Hall–Kier alpha value is -2.74. The molecule has 5 nitrogen and oxygen atoms in total. The number of nitrogens with one attached hydrogen (secondary N) is 1. The minimum atomic E-state index is -4.97. The molecule has 1 atom stereocenters. The average Bonchev–Trinajstić information content (AvgIpc) is 2.88. The van der Waals surface area contributed by atoms with E-state index >= 15 is 0 Å². The normalized spacial score (nSPS) is 21.0. The van der Waals surface area contributed by atoms with E-state index in [9.17, 15) is 18.3 Å². The highest BCUT2D eigenvalue weighted by Crippen LogP contribution is 2.43. The molecular formula is C17H15F3N2O3. The summed E-state index contributed by atoms with van der Waals surface area (Å²) in [5.41, 5.74) is -3.35. The highest BCUT2D eigenvalue weighted by Gasteiger charge is 2.61. The lowest BCUT2D eigenvalue weighted by atomic mass is 10.0. The second kappa shape index (κ2) is 5.96. The number of fused-ring (bicyclic) bond motifs is 1. The molecule has 8 heteroatoms. The third-order valence-corrected chi connectivity index (χ3v) is 3.86. The first kappa shape index (κ1) is 17.1. The van der Waals surface area contributed by atoms with Gasteiger partial charge in [-0.05, 0) is 42.5 Å². The topological polar surface area (TPSA) is 63.1 Å². The maximum Gasteiger partial charge on any atom is 0.442 e. The fourth-order valence-electron chi connectivity index (χ4n) is 2.54. The van der Waals surface area contributed by atoms with Crippen molar-refractivity contribution < 1.29 is 27.8 Å². The van der Waals surface area contributed by atoms with Crippen molar-refractivity contribution in [2.75, 3.05) is 19.5 Å². The van der Waals surface area contributed by atoms with Crippen molar-refractivity contribution in [2.45, 2.75) is 11.9 Å². The van der Waals surface area contributed by atoms with Crippen LogP contribution >= 0.6 is 0 Å². The maximum absolute atomic E-state index is 13.5. The Morgan fingerprint density at radius 1 is 1.00 bits per heavy atom. The second-order valence-electron chi connectivity index (χ2n) is 5.40. The molecule has 2 aromatic carbocycles. The van der Waals surface area contributed by atoms with Crippen LogP contribution in [0.5, 0.6) is 11.5 Å². The van der Waals surface area contributed by atoms with Crippen LogP contribution in [0.4, 0.5) is 24.5 Å². The van der Waals surface area contributed by atoms with Gasteiger partial charge in [-0.25, -0.2) is 4.99 Å². The molecule has 0 aliphatic carbocycles. The lowest BCUT2D eigenvalue weighted by Gasteiger charge is -2.27. The van der Waals surface area contributed by atoms with Crippen LogP contribution in [0, 0.1) is 0 Å². The number of hydrogen-bond acceptors (Lipinski definition) is 5. The van der Waals surface area contributed by atoms with Crippen LogP contribution in [0.1, 0.15) is 5.56 Å². The molecule has 1 aliphatic heterocycles. The molecule has 2 N–H and O–H groups in total. The molecule has 0 radical (unpaired) electrons.